The van der Waals surface area contributed by atoms with E-state index in [0.717, 1.165) is 23.3 Å². The Labute approximate surface area is 231 Å². The second-order valence-electron chi connectivity index (χ2n) is 9.40. The van der Waals surface area contributed by atoms with Crippen LogP contribution in [0.3, 0.4) is 0 Å². The van der Waals surface area contributed by atoms with Crippen LogP contribution in [0.1, 0.15) is 28.4 Å². The van der Waals surface area contributed by atoms with Crippen molar-refractivity contribution in [2.45, 2.75) is 30.7 Å². The van der Waals surface area contributed by atoms with Gasteiger partial charge in [0.25, 0.3) is 0 Å². The third-order valence-corrected chi connectivity index (χ3v) is 8.84. The van der Waals surface area contributed by atoms with Crippen LogP contribution in [0.2, 0.25) is 5.02 Å². The molecule has 0 bridgehead atoms. The average Bonchev–Trinajstić information content (AvgIpc) is 2.91. The molecule has 0 spiro atoms. The summed E-state index contributed by atoms with van der Waals surface area (Å²) < 4.78 is 78.4. The van der Waals surface area contributed by atoms with Crippen LogP contribution < -0.4 is 4.74 Å². The van der Waals surface area contributed by atoms with Gasteiger partial charge >= 0.3 is 6.18 Å². The standard InChI is InChI=1S/C28H30ClF3N2O4S/c1-20-3-12-25(37-2)27(17-20)39(35,36)34-15-13-33(14-16-34)18-26(22-6-10-24(29)11-7-22)38-19-21-4-8-23(9-5-21)28(30,31)32/h3-12,17,26H,13-16,18-19H2,1-2H3. The van der Waals surface area contributed by atoms with Gasteiger partial charge in [-0.25, -0.2) is 8.42 Å². The quantitative estimate of drug-likeness (QED) is 0.313. The van der Waals surface area contributed by atoms with E-state index < -0.39 is 27.9 Å². The van der Waals surface area contributed by atoms with Crippen LogP contribution in [0.5, 0.6) is 5.75 Å². The number of halogens is 4. The van der Waals surface area contributed by atoms with E-state index in [1.807, 2.05) is 19.1 Å². The summed E-state index contributed by atoms with van der Waals surface area (Å²) in [5, 5.41) is 0.575. The van der Waals surface area contributed by atoms with E-state index in [4.69, 9.17) is 21.1 Å². The highest BCUT2D eigenvalue weighted by molar-refractivity contribution is 7.89. The third-order valence-electron chi connectivity index (χ3n) is 6.67. The van der Waals surface area contributed by atoms with Gasteiger partial charge in [-0.15, -0.1) is 0 Å². The summed E-state index contributed by atoms with van der Waals surface area (Å²) in [7, 11) is -2.29. The van der Waals surface area contributed by atoms with Crippen LogP contribution in [0, 0.1) is 6.92 Å². The fourth-order valence-electron chi connectivity index (χ4n) is 4.43. The first kappa shape index (κ1) is 29.4. The summed E-state index contributed by atoms with van der Waals surface area (Å²) in [6.45, 7) is 3.99. The van der Waals surface area contributed by atoms with Gasteiger partial charge in [0.2, 0.25) is 10.0 Å². The minimum absolute atomic E-state index is 0.118. The molecule has 210 valence electrons. The molecule has 3 aromatic carbocycles. The van der Waals surface area contributed by atoms with E-state index in [9.17, 15) is 21.6 Å². The maximum Gasteiger partial charge on any atom is 0.416 e. The van der Waals surface area contributed by atoms with Crippen LogP contribution in [0.25, 0.3) is 0 Å². The van der Waals surface area contributed by atoms with Crippen molar-refractivity contribution in [3.05, 3.63) is 94.0 Å². The summed E-state index contributed by atoms with van der Waals surface area (Å²) in [6.07, 6.45) is -4.80. The Morgan fingerprint density at radius 1 is 0.949 bits per heavy atom. The van der Waals surface area contributed by atoms with Crippen molar-refractivity contribution < 1.29 is 31.1 Å². The number of hydrogen-bond acceptors (Lipinski definition) is 5. The number of aryl methyl sites for hydroxylation is 1. The molecule has 0 aliphatic carbocycles. The first-order valence-corrected chi connectivity index (χ1v) is 14.2. The van der Waals surface area contributed by atoms with Crippen LogP contribution in [0.4, 0.5) is 13.2 Å². The Bertz CT molecular complexity index is 1360. The lowest BCUT2D eigenvalue weighted by Gasteiger charge is -2.36. The van der Waals surface area contributed by atoms with Crippen LogP contribution in [-0.2, 0) is 27.5 Å². The Hall–Kier alpha value is -2.63. The van der Waals surface area contributed by atoms with Gasteiger partial charge in [-0.3, -0.25) is 4.90 Å². The number of nitrogens with zero attached hydrogens (tertiary/aromatic N) is 2. The molecular formula is C28H30ClF3N2O4S. The van der Waals surface area contributed by atoms with Crippen molar-refractivity contribution in [2.24, 2.45) is 0 Å². The molecule has 0 radical (unpaired) electrons. The summed E-state index contributed by atoms with van der Waals surface area (Å²) in [5.74, 6) is 0.308. The number of piperazine rings is 1. The molecule has 6 nitrogen and oxygen atoms in total. The molecule has 0 aromatic heterocycles. The fraction of sp³-hybridized carbons (Fsp3) is 0.357. The second-order valence-corrected chi connectivity index (χ2v) is 11.7. The summed E-state index contributed by atoms with van der Waals surface area (Å²) in [6, 6.07) is 17.2. The number of ether oxygens (including phenoxy) is 2. The molecular weight excluding hydrogens is 553 g/mol. The maximum absolute atomic E-state index is 13.4. The van der Waals surface area contributed by atoms with Crippen molar-refractivity contribution in [1.82, 2.24) is 9.21 Å². The summed E-state index contributed by atoms with van der Waals surface area (Å²) in [5.41, 5.74) is 1.59. The maximum atomic E-state index is 13.4. The Balaban J connectivity index is 1.43. The first-order chi connectivity index (χ1) is 18.5. The number of alkyl halides is 3. The number of benzene rings is 3. The normalized spacial score (nSPS) is 16.3. The lowest BCUT2D eigenvalue weighted by atomic mass is 10.1. The van der Waals surface area contributed by atoms with E-state index in [1.54, 1.807) is 30.3 Å². The lowest BCUT2D eigenvalue weighted by molar-refractivity contribution is -0.137. The van der Waals surface area contributed by atoms with E-state index in [1.165, 1.54) is 23.5 Å². The van der Waals surface area contributed by atoms with Gasteiger partial charge in [-0.1, -0.05) is 41.9 Å². The number of methoxy groups -OCH3 is 1. The number of sulfonamides is 1. The van der Waals surface area contributed by atoms with Gasteiger partial charge < -0.3 is 9.47 Å². The molecule has 1 aliphatic rings. The van der Waals surface area contributed by atoms with Gasteiger partial charge in [0.05, 0.1) is 25.4 Å². The van der Waals surface area contributed by atoms with Gasteiger partial charge in [-0.2, -0.15) is 17.5 Å². The lowest BCUT2D eigenvalue weighted by Crippen LogP contribution is -2.49. The zero-order valence-electron chi connectivity index (χ0n) is 21.6. The van der Waals surface area contributed by atoms with E-state index in [-0.39, 0.29) is 11.5 Å². The fourth-order valence-corrected chi connectivity index (χ4v) is 6.22. The zero-order chi connectivity index (χ0) is 28.2. The molecule has 0 saturated carbocycles. The Kier molecular flexibility index (Phi) is 9.23. The highest BCUT2D eigenvalue weighted by Gasteiger charge is 2.32. The molecule has 1 heterocycles. The van der Waals surface area contributed by atoms with Crippen molar-refractivity contribution in [3.8, 4) is 5.75 Å². The molecule has 1 unspecified atom stereocenters. The predicted molar refractivity (Wildman–Crippen MR) is 143 cm³/mol. The SMILES string of the molecule is COc1ccc(C)cc1S(=O)(=O)N1CCN(CC(OCc2ccc(C(F)(F)F)cc2)c2ccc(Cl)cc2)CC1. The van der Waals surface area contributed by atoms with Gasteiger partial charge in [0.15, 0.2) is 0 Å². The van der Waals surface area contributed by atoms with E-state index in [2.05, 4.69) is 4.90 Å². The molecule has 0 amide bonds. The van der Waals surface area contributed by atoms with Crippen LogP contribution >= 0.6 is 11.6 Å². The molecule has 1 atom stereocenters. The Morgan fingerprint density at radius 3 is 2.18 bits per heavy atom. The molecule has 1 saturated heterocycles. The molecule has 1 aliphatic heterocycles. The highest BCUT2D eigenvalue weighted by Crippen LogP contribution is 2.31. The zero-order valence-corrected chi connectivity index (χ0v) is 23.2. The summed E-state index contributed by atoms with van der Waals surface area (Å²) in [4.78, 5) is 2.27. The first-order valence-electron chi connectivity index (χ1n) is 12.4. The van der Waals surface area contributed by atoms with Crippen LogP contribution in [0.15, 0.2) is 71.6 Å². The van der Waals surface area contributed by atoms with Crippen molar-refractivity contribution in [1.29, 1.82) is 0 Å². The predicted octanol–water partition coefficient (Wildman–Crippen LogP) is 5.94. The van der Waals surface area contributed by atoms with Crippen molar-refractivity contribution in [2.75, 3.05) is 39.8 Å². The molecule has 39 heavy (non-hydrogen) atoms. The molecule has 0 N–H and O–H groups in total. The van der Waals surface area contributed by atoms with Crippen LogP contribution in [-0.4, -0.2) is 57.5 Å². The molecule has 11 heteroatoms. The molecule has 3 aromatic rings. The van der Waals surface area contributed by atoms with Gasteiger partial charge in [0, 0.05) is 37.7 Å². The largest absolute Gasteiger partial charge is 0.495 e. The van der Waals surface area contributed by atoms with E-state index >= 15 is 0 Å². The third kappa shape index (κ3) is 7.32. The smallest absolute Gasteiger partial charge is 0.416 e. The second kappa shape index (κ2) is 12.3. The summed E-state index contributed by atoms with van der Waals surface area (Å²) >= 11 is 6.06. The van der Waals surface area contributed by atoms with Gasteiger partial charge in [-0.05, 0) is 60.0 Å². The number of hydrogen-bond donors (Lipinski definition) is 0. The monoisotopic (exact) mass is 582 g/mol. The van der Waals surface area contributed by atoms with Crippen molar-refractivity contribution in [3.63, 3.8) is 0 Å². The molecule has 1 fully saturated rings. The van der Waals surface area contributed by atoms with Gasteiger partial charge in [0.1, 0.15) is 10.6 Å². The number of rotatable bonds is 9. The molecule has 4 rings (SSSR count). The van der Waals surface area contributed by atoms with Crippen molar-refractivity contribution >= 4 is 21.6 Å². The minimum Gasteiger partial charge on any atom is -0.495 e. The average molecular weight is 583 g/mol. The Morgan fingerprint density at radius 2 is 1.59 bits per heavy atom. The van der Waals surface area contributed by atoms with E-state index in [0.29, 0.717) is 49.1 Å². The highest BCUT2D eigenvalue weighted by atomic mass is 35.5. The topological polar surface area (TPSA) is 59.1 Å². The minimum atomic E-state index is -4.40.